The molecule has 2 aromatic carbocycles. The van der Waals surface area contributed by atoms with Gasteiger partial charge in [0.15, 0.2) is 5.82 Å². The molecule has 0 unspecified atom stereocenters. The minimum Gasteiger partial charge on any atom is -0.510 e. The maximum Gasteiger partial charge on any atom is 0.281 e. The molecule has 5 nitrogen and oxygen atoms in total. The predicted molar refractivity (Wildman–Crippen MR) is 94.3 cm³/mol. The molecule has 0 aliphatic carbocycles. The number of para-hydroxylation sites is 2. The van der Waals surface area contributed by atoms with E-state index in [9.17, 15) is 9.90 Å². The Bertz CT molecular complexity index is 1190. The van der Waals surface area contributed by atoms with Crippen molar-refractivity contribution in [2.75, 3.05) is 0 Å². The Labute approximate surface area is 140 Å². The second kappa shape index (κ2) is 4.75. The zero-order valence-electron chi connectivity index (χ0n) is 12.4. The molecule has 0 spiro atoms. The number of benzene rings is 2. The van der Waals surface area contributed by atoms with Crippen molar-refractivity contribution in [1.29, 1.82) is 0 Å². The fourth-order valence-corrected chi connectivity index (χ4v) is 4.16. The normalized spacial score (nSPS) is 13.8. The quantitative estimate of drug-likeness (QED) is 0.580. The van der Waals surface area contributed by atoms with Crippen LogP contribution in [-0.2, 0) is 6.54 Å². The molecular formula is C18H11N3O2S. The first-order valence-corrected chi connectivity index (χ1v) is 8.32. The van der Waals surface area contributed by atoms with E-state index in [4.69, 9.17) is 0 Å². The highest BCUT2D eigenvalue weighted by Crippen LogP contribution is 2.36. The molecule has 1 N–H and O–H groups in total. The Morgan fingerprint density at radius 2 is 1.83 bits per heavy atom. The van der Waals surface area contributed by atoms with Crippen LogP contribution in [0.25, 0.3) is 26.7 Å². The molecule has 1 aliphatic rings. The predicted octanol–water partition coefficient (Wildman–Crippen LogP) is 3.34. The Morgan fingerprint density at radius 1 is 1.04 bits per heavy atom. The topological polar surface area (TPSA) is 68.0 Å². The van der Waals surface area contributed by atoms with Crippen LogP contribution >= 0.6 is 11.3 Å². The SMILES string of the molecule is O=c1nc2n(c3ccccc13)CC(O)=C2c1nc2ccccc2s1. The van der Waals surface area contributed by atoms with E-state index in [0.29, 0.717) is 28.3 Å². The third-order valence-corrected chi connectivity index (χ3v) is 5.27. The summed E-state index contributed by atoms with van der Waals surface area (Å²) in [6.45, 7) is 0.300. The average Bonchev–Trinajstić information content (AvgIpc) is 3.15. The lowest BCUT2D eigenvalue weighted by Crippen LogP contribution is -2.15. The number of nitrogens with zero attached hydrogens (tertiary/aromatic N) is 3. The summed E-state index contributed by atoms with van der Waals surface area (Å²) in [7, 11) is 0. The largest absolute Gasteiger partial charge is 0.510 e. The van der Waals surface area contributed by atoms with Gasteiger partial charge in [-0.1, -0.05) is 24.3 Å². The summed E-state index contributed by atoms with van der Waals surface area (Å²) in [5, 5.41) is 11.8. The number of rotatable bonds is 1. The standard InChI is InChI=1S/C18H11N3O2S/c22-13-9-21-12-7-3-1-5-10(12)17(23)20-16(21)15(13)18-19-11-6-2-4-8-14(11)24-18/h1-8,22H,9H2. The van der Waals surface area contributed by atoms with Gasteiger partial charge in [-0.15, -0.1) is 11.3 Å². The van der Waals surface area contributed by atoms with E-state index in [-0.39, 0.29) is 11.3 Å². The van der Waals surface area contributed by atoms with Gasteiger partial charge in [-0.05, 0) is 24.3 Å². The van der Waals surface area contributed by atoms with Crippen molar-refractivity contribution >= 4 is 38.0 Å². The average molecular weight is 333 g/mol. The lowest BCUT2D eigenvalue weighted by molar-refractivity contribution is 0.389. The number of aliphatic hydroxyl groups excluding tert-OH is 1. The lowest BCUT2D eigenvalue weighted by atomic mass is 10.2. The summed E-state index contributed by atoms with van der Waals surface area (Å²) < 4.78 is 2.90. The molecule has 2 aromatic heterocycles. The van der Waals surface area contributed by atoms with Crippen molar-refractivity contribution in [1.82, 2.24) is 14.5 Å². The Morgan fingerprint density at radius 3 is 2.71 bits per heavy atom. The van der Waals surface area contributed by atoms with Crippen LogP contribution in [0.3, 0.4) is 0 Å². The highest BCUT2D eigenvalue weighted by molar-refractivity contribution is 7.19. The highest BCUT2D eigenvalue weighted by Gasteiger charge is 2.28. The Hall–Kier alpha value is -2.99. The van der Waals surface area contributed by atoms with Crippen LogP contribution < -0.4 is 5.56 Å². The maximum absolute atomic E-state index is 12.3. The number of allylic oxidation sites excluding steroid dienone is 1. The van der Waals surface area contributed by atoms with E-state index in [1.54, 1.807) is 6.07 Å². The van der Waals surface area contributed by atoms with E-state index >= 15 is 0 Å². The zero-order chi connectivity index (χ0) is 16.3. The third-order valence-electron chi connectivity index (χ3n) is 4.22. The van der Waals surface area contributed by atoms with E-state index in [2.05, 4.69) is 9.97 Å². The first-order valence-electron chi connectivity index (χ1n) is 7.50. The van der Waals surface area contributed by atoms with Gasteiger partial charge in [0.25, 0.3) is 5.56 Å². The molecule has 0 atom stereocenters. The molecule has 4 aromatic rings. The zero-order valence-corrected chi connectivity index (χ0v) is 13.2. The molecular weight excluding hydrogens is 322 g/mol. The molecule has 1 aliphatic heterocycles. The van der Waals surface area contributed by atoms with Gasteiger partial charge in [0.2, 0.25) is 0 Å². The number of fused-ring (bicyclic) bond motifs is 4. The van der Waals surface area contributed by atoms with E-state index in [1.807, 2.05) is 47.0 Å². The van der Waals surface area contributed by atoms with Gasteiger partial charge >= 0.3 is 0 Å². The fourth-order valence-electron chi connectivity index (χ4n) is 3.13. The Kier molecular flexibility index (Phi) is 2.66. The molecule has 0 radical (unpaired) electrons. The molecule has 0 saturated carbocycles. The smallest absolute Gasteiger partial charge is 0.281 e. The number of aliphatic hydroxyl groups is 1. The van der Waals surface area contributed by atoms with Crippen molar-refractivity contribution in [3.63, 3.8) is 0 Å². The van der Waals surface area contributed by atoms with Gasteiger partial charge in [-0.2, -0.15) is 4.98 Å². The molecule has 5 rings (SSSR count). The van der Waals surface area contributed by atoms with Crippen molar-refractivity contribution in [2.45, 2.75) is 6.54 Å². The Balaban J connectivity index is 1.80. The second-order valence-electron chi connectivity index (χ2n) is 5.65. The molecule has 3 heterocycles. The summed E-state index contributed by atoms with van der Waals surface area (Å²) in [5.41, 5.74) is 1.92. The number of hydrogen-bond acceptors (Lipinski definition) is 5. The number of thiazole rings is 1. The highest BCUT2D eigenvalue weighted by atomic mass is 32.1. The molecule has 0 bridgehead atoms. The molecule has 6 heteroatoms. The number of hydrogen-bond donors (Lipinski definition) is 1. The maximum atomic E-state index is 12.3. The van der Waals surface area contributed by atoms with Crippen LogP contribution in [0.4, 0.5) is 0 Å². The van der Waals surface area contributed by atoms with Crippen LogP contribution in [0.2, 0.25) is 0 Å². The van der Waals surface area contributed by atoms with E-state index in [0.717, 1.165) is 15.7 Å². The fraction of sp³-hybridized carbons (Fsp3) is 0.0556. The molecule has 0 amide bonds. The van der Waals surface area contributed by atoms with Crippen LogP contribution in [0.15, 0.2) is 59.1 Å². The summed E-state index contributed by atoms with van der Waals surface area (Å²) >= 11 is 1.49. The van der Waals surface area contributed by atoms with Gasteiger partial charge in [0.05, 0.1) is 33.2 Å². The van der Waals surface area contributed by atoms with Gasteiger partial charge in [0, 0.05) is 0 Å². The summed E-state index contributed by atoms with van der Waals surface area (Å²) in [6, 6.07) is 15.1. The van der Waals surface area contributed by atoms with Gasteiger partial charge in [-0.25, -0.2) is 4.98 Å². The van der Waals surface area contributed by atoms with Crippen LogP contribution in [0.5, 0.6) is 0 Å². The van der Waals surface area contributed by atoms with Crippen LogP contribution in [0, 0.1) is 0 Å². The minimum atomic E-state index is -0.287. The second-order valence-corrected chi connectivity index (χ2v) is 6.68. The number of aromatic nitrogens is 3. The van der Waals surface area contributed by atoms with Crippen LogP contribution in [-0.4, -0.2) is 19.6 Å². The van der Waals surface area contributed by atoms with Crippen LogP contribution in [0.1, 0.15) is 10.8 Å². The van der Waals surface area contributed by atoms with Gasteiger partial charge in [-0.3, -0.25) is 4.79 Å². The van der Waals surface area contributed by atoms with Crippen molar-refractivity contribution in [2.24, 2.45) is 0 Å². The summed E-state index contributed by atoms with van der Waals surface area (Å²) in [4.78, 5) is 21.2. The lowest BCUT2D eigenvalue weighted by Gasteiger charge is -2.08. The molecule has 0 saturated heterocycles. The monoisotopic (exact) mass is 333 g/mol. The first-order chi connectivity index (χ1) is 11.7. The van der Waals surface area contributed by atoms with E-state index < -0.39 is 0 Å². The van der Waals surface area contributed by atoms with Crippen molar-refractivity contribution < 1.29 is 5.11 Å². The first kappa shape index (κ1) is 13.4. The van der Waals surface area contributed by atoms with Gasteiger partial charge < -0.3 is 9.67 Å². The molecule has 0 fully saturated rings. The van der Waals surface area contributed by atoms with Crippen molar-refractivity contribution in [3.8, 4) is 0 Å². The summed E-state index contributed by atoms with van der Waals surface area (Å²) in [5.74, 6) is 0.674. The van der Waals surface area contributed by atoms with E-state index in [1.165, 1.54) is 11.3 Å². The van der Waals surface area contributed by atoms with Crippen molar-refractivity contribution in [3.05, 3.63) is 75.5 Å². The minimum absolute atomic E-state index is 0.192. The summed E-state index contributed by atoms with van der Waals surface area (Å²) in [6.07, 6.45) is 0. The third kappa shape index (κ3) is 1.77. The van der Waals surface area contributed by atoms with Gasteiger partial charge in [0.1, 0.15) is 10.8 Å². The molecule has 116 valence electrons. The molecule has 24 heavy (non-hydrogen) atoms.